The maximum absolute atomic E-state index is 12.7. The van der Waals surface area contributed by atoms with Gasteiger partial charge in [-0.2, -0.15) is 5.10 Å². The van der Waals surface area contributed by atoms with Crippen molar-refractivity contribution in [3.05, 3.63) is 71.3 Å². The third-order valence-electron chi connectivity index (χ3n) is 3.48. The lowest BCUT2D eigenvalue weighted by Crippen LogP contribution is -2.13. The van der Waals surface area contributed by atoms with Crippen molar-refractivity contribution >= 4 is 33.8 Å². The molecule has 0 saturated heterocycles. The van der Waals surface area contributed by atoms with Gasteiger partial charge in [0.25, 0.3) is 5.91 Å². The highest BCUT2D eigenvalue weighted by Gasteiger charge is 2.16. The molecule has 4 aromatic rings. The van der Waals surface area contributed by atoms with E-state index in [1.807, 2.05) is 54.0 Å². The molecule has 112 valence electrons. The van der Waals surface area contributed by atoms with Gasteiger partial charge in [-0.25, -0.2) is 4.68 Å². The highest BCUT2D eigenvalue weighted by atomic mass is 32.1. The van der Waals surface area contributed by atoms with Crippen molar-refractivity contribution in [3.8, 4) is 5.69 Å². The smallest absolute Gasteiger partial charge is 0.268 e. The standard InChI is InChI=1S/C17H12N4OS/c22-17(16-14(7-11-23-16)21-10-3-9-19-21)20-13-6-1-4-12-5-2-8-18-15(12)13/h1-11H,(H,20,22). The van der Waals surface area contributed by atoms with Crippen molar-refractivity contribution in [1.82, 2.24) is 14.8 Å². The van der Waals surface area contributed by atoms with Gasteiger partial charge < -0.3 is 5.32 Å². The number of nitrogens with one attached hydrogen (secondary N) is 1. The summed E-state index contributed by atoms with van der Waals surface area (Å²) in [6.45, 7) is 0. The molecule has 3 aromatic heterocycles. The number of pyridine rings is 1. The summed E-state index contributed by atoms with van der Waals surface area (Å²) in [6, 6.07) is 13.3. The molecule has 6 heteroatoms. The number of amides is 1. The van der Waals surface area contributed by atoms with E-state index in [1.165, 1.54) is 11.3 Å². The fraction of sp³-hybridized carbons (Fsp3) is 0. The van der Waals surface area contributed by atoms with E-state index in [9.17, 15) is 4.79 Å². The third kappa shape index (κ3) is 2.49. The van der Waals surface area contributed by atoms with Crippen LogP contribution >= 0.6 is 11.3 Å². The number of para-hydroxylation sites is 1. The van der Waals surface area contributed by atoms with Gasteiger partial charge in [-0.3, -0.25) is 9.78 Å². The first kappa shape index (κ1) is 13.7. The monoisotopic (exact) mass is 320 g/mol. The van der Waals surface area contributed by atoms with Crippen LogP contribution in [0.25, 0.3) is 16.6 Å². The summed E-state index contributed by atoms with van der Waals surface area (Å²) in [6.07, 6.45) is 5.23. The summed E-state index contributed by atoms with van der Waals surface area (Å²) < 4.78 is 1.69. The lowest BCUT2D eigenvalue weighted by Gasteiger charge is -2.08. The molecule has 5 nitrogen and oxygen atoms in total. The number of nitrogens with zero attached hydrogens (tertiary/aromatic N) is 3. The molecule has 0 radical (unpaired) electrons. The number of carbonyl (C=O) groups excluding carboxylic acids is 1. The molecule has 4 rings (SSSR count). The summed E-state index contributed by atoms with van der Waals surface area (Å²) in [5.74, 6) is -0.163. The number of anilines is 1. The lowest BCUT2D eigenvalue weighted by atomic mass is 10.2. The fourth-order valence-corrected chi connectivity index (χ4v) is 3.22. The molecule has 0 aliphatic carbocycles. The molecular weight excluding hydrogens is 308 g/mol. The predicted octanol–water partition coefficient (Wildman–Crippen LogP) is 3.73. The van der Waals surface area contributed by atoms with Crippen LogP contribution < -0.4 is 5.32 Å². The molecule has 0 fully saturated rings. The molecule has 0 spiro atoms. The van der Waals surface area contributed by atoms with E-state index in [-0.39, 0.29) is 5.91 Å². The molecule has 23 heavy (non-hydrogen) atoms. The molecular formula is C17H12N4OS. The van der Waals surface area contributed by atoms with Crippen LogP contribution in [0, 0.1) is 0 Å². The third-order valence-corrected chi connectivity index (χ3v) is 4.39. The molecule has 1 aromatic carbocycles. The van der Waals surface area contributed by atoms with Gasteiger partial charge in [0.15, 0.2) is 0 Å². The van der Waals surface area contributed by atoms with Crippen LogP contribution in [-0.2, 0) is 0 Å². The van der Waals surface area contributed by atoms with Gasteiger partial charge in [-0.1, -0.05) is 18.2 Å². The summed E-state index contributed by atoms with van der Waals surface area (Å²) in [5.41, 5.74) is 2.25. The highest BCUT2D eigenvalue weighted by Crippen LogP contribution is 2.25. The van der Waals surface area contributed by atoms with Gasteiger partial charge >= 0.3 is 0 Å². The topological polar surface area (TPSA) is 59.8 Å². The van der Waals surface area contributed by atoms with E-state index in [0.29, 0.717) is 10.6 Å². The Morgan fingerprint density at radius 3 is 2.87 bits per heavy atom. The molecule has 0 atom stereocenters. The quantitative estimate of drug-likeness (QED) is 0.625. The zero-order chi connectivity index (χ0) is 15.6. The zero-order valence-electron chi connectivity index (χ0n) is 12.0. The SMILES string of the molecule is O=C(Nc1cccc2cccnc12)c1sccc1-n1cccn1. The number of fused-ring (bicyclic) bond motifs is 1. The summed E-state index contributed by atoms with van der Waals surface area (Å²) in [7, 11) is 0. The second-order valence-corrected chi connectivity index (χ2v) is 5.84. The maximum Gasteiger partial charge on any atom is 0.268 e. The molecule has 0 saturated carbocycles. The number of rotatable bonds is 3. The fourth-order valence-electron chi connectivity index (χ4n) is 2.45. The second kappa shape index (κ2) is 5.66. The Kier molecular flexibility index (Phi) is 3.36. The largest absolute Gasteiger partial charge is 0.319 e. The van der Waals surface area contributed by atoms with Crippen molar-refractivity contribution in [2.24, 2.45) is 0 Å². The molecule has 0 unspecified atom stereocenters. The maximum atomic E-state index is 12.7. The van der Waals surface area contributed by atoms with Gasteiger partial charge in [-0.05, 0) is 29.6 Å². The minimum absolute atomic E-state index is 0.163. The highest BCUT2D eigenvalue weighted by molar-refractivity contribution is 7.12. The number of carbonyl (C=O) groups is 1. The molecule has 1 N–H and O–H groups in total. The van der Waals surface area contributed by atoms with Crippen LogP contribution in [0.2, 0.25) is 0 Å². The molecule has 3 heterocycles. The minimum atomic E-state index is -0.163. The second-order valence-electron chi connectivity index (χ2n) is 4.92. The Bertz CT molecular complexity index is 970. The van der Waals surface area contributed by atoms with Crippen molar-refractivity contribution in [2.45, 2.75) is 0 Å². The Balaban J connectivity index is 1.70. The van der Waals surface area contributed by atoms with Gasteiger partial charge in [0.1, 0.15) is 4.88 Å². The van der Waals surface area contributed by atoms with E-state index in [0.717, 1.165) is 16.6 Å². The number of hydrogen-bond acceptors (Lipinski definition) is 4. The molecule has 0 bridgehead atoms. The van der Waals surface area contributed by atoms with E-state index in [1.54, 1.807) is 17.1 Å². The van der Waals surface area contributed by atoms with Crippen LogP contribution in [0.4, 0.5) is 5.69 Å². The molecule has 1 amide bonds. The van der Waals surface area contributed by atoms with Gasteiger partial charge in [-0.15, -0.1) is 11.3 Å². The van der Waals surface area contributed by atoms with Crippen LogP contribution in [0.15, 0.2) is 66.4 Å². The predicted molar refractivity (Wildman–Crippen MR) is 91.1 cm³/mol. The summed E-state index contributed by atoms with van der Waals surface area (Å²) in [5, 5.41) is 10.0. The number of hydrogen-bond donors (Lipinski definition) is 1. The number of benzene rings is 1. The average molecular weight is 320 g/mol. The van der Waals surface area contributed by atoms with Crippen LogP contribution in [0.3, 0.4) is 0 Å². The first-order valence-corrected chi connectivity index (χ1v) is 7.93. The molecule has 0 aliphatic rings. The van der Waals surface area contributed by atoms with Crippen LogP contribution in [0.5, 0.6) is 0 Å². The Morgan fingerprint density at radius 2 is 2.00 bits per heavy atom. The lowest BCUT2D eigenvalue weighted by molar-refractivity contribution is 0.103. The average Bonchev–Trinajstić information content (AvgIpc) is 3.26. The Hall–Kier alpha value is -2.99. The summed E-state index contributed by atoms with van der Waals surface area (Å²) in [4.78, 5) is 17.6. The van der Waals surface area contributed by atoms with Crippen LogP contribution in [0.1, 0.15) is 9.67 Å². The minimum Gasteiger partial charge on any atom is -0.319 e. The van der Waals surface area contributed by atoms with Gasteiger partial charge in [0, 0.05) is 24.0 Å². The van der Waals surface area contributed by atoms with Crippen LogP contribution in [-0.4, -0.2) is 20.7 Å². The van der Waals surface area contributed by atoms with E-state index in [2.05, 4.69) is 15.4 Å². The van der Waals surface area contributed by atoms with Crippen molar-refractivity contribution in [2.75, 3.05) is 5.32 Å². The molecule has 0 aliphatic heterocycles. The first-order valence-electron chi connectivity index (χ1n) is 7.05. The summed E-state index contributed by atoms with van der Waals surface area (Å²) >= 11 is 1.39. The normalized spacial score (nSPS) is 10.8. The Labute approximate surface area is 136 Å². The van der Waals surface area contributed by atoms with Gasteiger partial charge in [0.05, 0.1) is 16.9 Å². The van der Waals surface area contributed by atoms with Crippen molar-refractivity contribution in [3.63, 3.8) is 0 Å². The van der Waals surface area contributed by atoms with Crippen molar-refractivity contribution < 1.29 is 4.79 Å². The van der Waals surface area contributed by atoms with Gasteiger partial charge in [0.2, 0.25) is 0 Å². The van der Waals surface area contributed by atoms with E-state index < -0.39 is 0 Å². The zero-order valence-corrected chi connectivity index (χ0v) is 12.8. The van der Waals surface area contributed by atoms with E-state index >= 15 is 0 Å². The number of thiophene rings is 1. The van der Waals surface area contributed by atoms with Crippen molar-refractivity contribution in [1.29, 1.82) is 0 Å². The Morgan fingerprint density at radius 1 is 1.09 bits per heavy atom. The van der Waals surface area contributed by atoms with E-state index in [4.69, 9.17) is 0 Å². The number of aromatic nitrogens is 3. The first-order chi connectivity index (χ1) is 11.3.